The summed E-state index contributed by atoms with van der Waals surface area (Å²) in [4.78, 5) is 8.39. The molecule has 0 aliphatic rings. The molecule has 0 spiro atoms. The molecule has 0 aliphatic carbocycles. The lowest BCUT2D eigenvalue weighted by Gasteiger charge is -1.92. The minimum Gasteiger partial charge on any atom is -0.262 e. The molecular weight excluding hydrogens is 172 g/mol. The molecule has 1 aromatic rings. The molecule has 0 N–H and O–H groups in total. The molecule has 0 atom stereocenters. The minimum absolute atomic E-state index is 0.884. The largest absolute Gasteiger partial charge is 0.262 e. The summed E-state index contributed by atoms with van der Waals surface area (Å²) < 4.78 is 0. The lowest BCUT2D eigenvalue weighted by atomic mass is 10.3. The predicted molar refractivity (Wildman–Crippen MR) is 60.5 cm³/mol. The van der Waals surface area contributed by atoms with Crippen molar-refractivity contribution in [3.05, 3.63) is 54.0 Å². The third-order valence-electron chi connectivity index (χ3n) is 1.59. The van der Waals surface area contributed by atoms with E-state index in [1.807, 2.05) is 50.3 Å². The number of rotatable bonds is 3. The average Bonchev–Trinajstić information content (AvgIpc) is 2.18. The van der Waals surface area contributed by atoms with Gasteiger partial charge in [-0.25, -0.2) is 0 Å². The third-order valence-corrected chi connectivity index (χ3v) is 1.59. The van der Waals surface area contributed by atoms with E-state index in [2.05, 4.69) is 9.98 Å². The van der Waals surface area contributed by atoms with Crippen molar-refractivity contribution in [3.8, 4) is 0 Å². The summed E-state index contributed by atoms with van der Waals surface area (Å²) in [5.74, 6) is 0. The Bertz CT molecular complexity index is 362. The lowest BCUT2D eigenvalue weighted by molar-refractivity contribution is 1.19. The molecule has 14 heavy (non-hydrogen) atoms. The van der Waals surface area contributed by atoms with Crippen LogP contribution in [0.1, 0.15) is 18.3 Å². The summed E-state index contributed by atoms with van der Waals surface area (Å²) in [6.07, 6.45) is 9.25. The minimum atomic E-state index is 0.884. The Morgan fingerprint density at radius 3 is 2.86 bits per heavy atom. The van der Waals surface area contributed by atoms with Gasteiger partial charge in [-0.05, 0) is 32.1 Å². The zero-order chi connectivity index (χ0) is 10.2. The second kappa shape index (κ2) is 5.86. The van der Waals surface area contributed by atoms with Gasteiger partial charge in [-0.1, -0.05) is 18.2 Å². The fourth-order valence-electron chi connectivity index (χ4n) is 0.966. The molecule has 0 bridgehead atoms. The monoisotopic (exact) mass is 186 g/mol. The van der Waals surface area contributed by atoms with E-state index < -0.39 is 0 Å². The van der Waals surface area contributed by atoms with Crippen LogP contribution in [0.5, 0.6) is 0 Å². The quantitative estimate of drug-likeness (QED) is 0.526. The molecule has 0 amide bonds. The number of hydrogen-bond acceptors (Lipinski definition) is 2. The summed E-state index contributed by atoms with van der Waals surface area (Å²) in [6, 6.07) is 5.87. The normalized spacial score (nSPS) is 12.1. The van der Waals surface area contributed by atoms with Crippen LogP contribution in [0.15, 0.2) is 47.6 Å². The first kappa shape index (κ1) is 10.4. The van der Waals surface area contributed by atoms with E-state index in [9.17, 15) is 0 Å². The van der Waals surface area contributed by atoms with Gasteiger partial charge in [-0.2, -0.15) is 0 Å². The molecule has 0 saturated heterocycles. The number of nitrogens with zero attached hydrogens (tertiary/aromatic N) is 2. The summed E-state index contributed by atoms with van der Waals surface area (Å²) in [7, 11) is 0. The van der Waals surface area contributed by atoms with Gasteiger partial charge in [0, 0.05) is 11.9 Å². The molecule has 1 aromatic heterocycles. The Morgan fingerprint density at radius 2 is 2.14 bits per heavy atom. The van der Waals surface area contributed by atoms with E-state index in [0.717, 1.165) is 11.4 Å². The molecule has 1 heterocycles. The van der Waals surface area contributed by atoms with Crippen molar-refractivity contribution >= 4 is 6.21 Å². The van der Waals surface area contributed by atoms with E-state index in [1.165, 1.54) is 0 Å². The first-order chi connectivity index (χ1) is 6.83. The van der Waals surface area contributed by atoms with Gasteiger partial charge in [0.15, 0.2) is 0 Å². The Morgan fingerprint density at radius 1 is 1.29 bits per heavy atom. The molecular formula is C12H14N2. The summed E-state index contributed by atoms with van der Waals surface area (Å²) in [6.45, 7) is 3.93. The fraction of sp³-hybridized carbons (Fsp3) is 0.167. The van der Waals surface area contributed by atoms with Gasteiger partial charge >= 0.3 is 0 Å². The highest BCUT2D eigenvalue weighted by Crippen LogP contribution is 1.94. The van der Waals surface area contributed by atoms with Crippen LogP contribution in [-0.4, -0.2) is 11.2 Å². The fourth-order valence-corrected chi connectivity index (χ4v) is 0.966. The third kappa shape index (κ3) is 3.81. The second-order valence-corrected chi connectivity index (χ2v) is 2.85. The van der Waals surface area contributed by atoms with Gasteiger partial charge in [0.1, 0.15) is 0 Å². The van der Waals surface area contributed by atoms with Gasteiger partial charge in [0.05, 0.1) is 11.9 Å². The molecule has 2 heteroatoms. The zero-order valence-electron chi connectivity index (χ0n) is 8.51. The summed E-state index contributed by atoms with van der Waals surface area (Å²) >= 11 is 0. The number of allylic oxidation sites excluding steroid dienone is 3. The zero-order valence-corrected chi connectivity index (χ0v) is 8.51. The molecule has 0 saturated carbocycles. The van der Waals surface area contributed by atoms with E-state index in [-0.39, 0.29) is 0 Å². The number of pyridine rings is 1. The van der Waals surface area contributed by atoms with Crippen LogP contribution in [0.4, 0.5) is 0 Å². The van der Waals surface area contributed by atoms with Gasteiger partial charge < -0.3 is 0 Å². The molecule has 0 radical (unpaired) electrons. The SMILES string of the molecule is C/C=C\C=C/N=Cc1cccc(C)n1. The summed E-state index contributed by atoms with van der Waals surface area (Å²) in [5.41, 5.74) is 1.89. The topological polar surface area (TPSA) is 25.2 Å². The molecule has 2 nitrogen and oxygen atoms in total. The number of aromatic nitrogens is 1. The maximum atomic E-state index is 4.29. The van der Waals surface area contributed by atoms with E-state index in [0.29, 0.717) is 0 Å². The van der Waals surface area contributed by atoms with Gasteiger partial charge in [0.25, 0.3) is 0 Å². The smallest absolute Gasteiger partial charge is 0.0815 e. The highest BCUT2D eigenvalue weighted by Gasteiger charge is 1.87. The van der Waals surface area contributed by atoms with Crippen molar-refractivity contribution in [2.24, 2.45) is 4.99 Å². The molecule has 0 aliphatic heterocycles. The van der Waals surface area contributed by atoms with E-state index >= 15 is 0 Å². The maximum Gasteiger partial charge on any atom is 0.0815 e. The van der Waals surface area contributed by atoms with Gasteiger partial charge in [0.2, 0.25) is 0 Å². The van der Waals surface area contributed by atoms with Crippen LogP contribution in [0.2, 0.25) is 0 Å². The van der Waals surface area contributed by atoms with Crippen molar-refractivity contribution < 1.29 is 0 Å². The summed E-state index contributed by atoms with van der Waals surface area (Å²) in [5, 5.41) is 0. The number of aliphatic imine (C=N–C) groups is 1. The van der Waals surface area contributed by atoms with E-state index in [4.69, 9.17) is 0 Å². The van der Waals surface area contributed by atoms with Crippen LogP contribution >= 0.6 is 0 Å². The van der Waals surface area contributed by atoms with Gasteiger partial charge in [-0.15, -0.1) is 0 Å². The first-order valence-corrected chi connectivity index (χ1v) is 4.57. The average molecular weight is 186 g/mol. The molecule has 0 aromatic carbocycles. The lowest BCUT2D eigenvalue weighted by Crippen LogP contribution is -1.88. The van der Waals surface area contributed by atoms with Crippen LogP contribution in [-0.2, 0) is 0 Å². The van der Waals surface area contributed by atoms with Crippen LogP contribution in [0, 0.1) is 6.92 Å². The Hall–Kier alpha value is -1.70. The number of hydrogen-bond donors (Lipinski definition) is 0. The molecule has 0 unspecified atom stereocenters. The van der Waals surface area contributed by atoms with Crippen molar-refractivity contribution in [2.75, 3.05) is 0 Å². The van der Waals surface area contributed by atoms with Crippen LogP contribution in [0.3, 0.4) is 0 Å². The highest BCUT2D eigenvalue weighted by atomic mass is 14.7. The molecule has 72 valence electrons. The molecule has 1 rings (SSSR count). The number of aryl methyl sites for hydroxylation is 1. The Balaban J connectivity index is 2.60. The van der Waals surface area contributed by atoms with Crippen molar-refractivity contribution in [2.45, 2.75) is 13.8 Å². The highest BCUT2D eigenvalue weighted by molar-refractivity contribution is 5.77. The predicted octanol–water partition coefficient (Wildman–Crippen LogP) is 2.90. The maximum absolute atomic E-state index is 4.29. The van der Waals surface area contributed by atoms with Crippen LogP contribution < -0.4 is 0 Å². The second-order valence-electron chi connectivity index (χ2n) is 2.85. The standard InChI is InChI=1S/C12H14N2/c1-3-4-5-9-13-10-12-8-6-7-11(2)14-12/h3-10H,1-2H3/b4-3-,9-5-,13-10?. The van der Waals surface area contributed by atoms with Gasteiger partial charge in [-0.3, -0.25) is 9.98 Å². The first-order valence-electron chi connectivity index (χ1n) is 4.57. The molecule has 0 fully saturated rings. The Labute approximate surface area is 84.7 Å². The Kier molecular flexibility index (Phi) is 4.35. The van der Waals surface area contributed by atoms with Crippen molar-refractivity contribution in [1.82, 2.24) is 4.98 Å². The van der Waals surface area contributed by atoms with E-state index in [1.54, 1.807) is 12.4 Å². The van der Waals surface area contributed by atoms with Crippen LogP contribution in [0.25, 0.3) is 0 Å². The van der Waals surface area contributed by atoms with Crippen molar-refractivity contribution in [3.63, 3.8) is 0 Å². The van der Waals surface area contributed by atoms with Crippen molar-refractivity contribution in [1.29, 1.82) is 0 Å².